The van der Waals surface area contributed by atoms with E-state index in [0.717, 1.165) is 15.2 Å². The topological polar surface area (TPSA) is 55.8 Å². The molecule has 1 heterocycles. The molecule has 7 heteroatoms. The number of halogens is 1. The van der Waals surface area contributed by atoms with Crippen molar-refractivity contribution in [2.24, 2.45) is 5.92 Å². The Morgan fingerprint density at radius 2 is 1.61 bits per heavy atom. The van der Waals surface area contributed by atoms with E-state index in [2.05, 4.69) is 48.1 Å². The molecule has 2 aromatic carbocycles. The smallest absolute Gasteiger partial charge is 0.414 e. The number of carbonyl (C=O) groups excluding carboxylic acids is 2. The van der Waals surface area contributed by atoms with Gasteiger partial charge in [-0.2, -0.15) is 0 Å². The predicted octanol–water partition coefficient (Wildman–Crippen LogP) is 5.18. The Labute approximate surface area is 193 Å². The number of rotatable bonds is 5. The molecule has 5 nitrogen and oxygen atoms in total. The molecular weight excluding hydrogens is 474 g/mol. The average molecular weight is 502 g/mol. The van der Waals surface area contributed by atoms with Gasteiger partial charge in [-0.3, -0.25) is 9.69 Å². The van der Waals surface area contributed by atoms with E-state index < -0.39 is 14.2 Å². The van der Waals surface area contributed by atoms with Gasteiger partial charge < -0.3 is 9.47 Å². The van der Waals surface area contributed by atoms with Gasteiger partial charge in [-0.05, 0) is 11.6 Å². The summed E-state index contributed by atoms with van der Waals surface area (Å²) in [6.07, 6.45) is -0.450. The molecule has 0 saturated carbocycles. The van der Waals surface area contributed by atoms with Crippen molar-refractivity contribution in [3.8, 4) is 0 Å². The van der Waals surface area contributed by atoms with Crippen LogP contribution in [0, 0.1) is 5.92 Å². The van der Waals surface area contributed by atoms with Gasteiger partial charge in [0.1, 0.15) is 8.07 Å². The van der Waals surface area contributed by atoms with Gasteiger partial charge in [0.25, 0.3) is 0 Å². The Bertz CT molecular complexity index is 1010. The van der Waals surface area contributed by atoms with Crippen molar-refractivity contribution < 1.29 is 19.1 Å². The number of amides is 1. The summed E-state index contributed by atoms with van der Waals surface area (Å²) >= 11 is 3.65. The van der Waals surface area contributed by atoms with E-state index in [1.54, 1.807) is 4.90 Å². The molecule has 1 amide bonds. The van der Waals surface area contributed by atoms with Gasteiger partial charge in [-0.25, -0.2) is 4.79 Å². The minimum atomic E-state index is -2.24. The largest absolute Gasteiger partial charge is 0.469 e. The van der Waals surface area contributed by atoms with E-state index in [9.17, 15) is 9.59 Å². The molecule has 3 rings (SSSR count). The molecule has 2 atom stereocenters. The number of benzene rings is 2. The Morgan fingerprint density at radius 1 is 1.00 bits per heavy atom. The molecule has 1 aliphatic heterocycles. The molecule has 0 spiro atoms. The highest BCUT2D eigenvalue weighted by atomic mass is 79.9. The van der Waals surface area contributed by atoms with E-state index >= 15 is 0 Å². The highest BCUT2D eigenvalue weighted by Gasteiger charge is 2.49. The van der Waals surface area contributed by atoms with Gasteiger partial charge in [-0.1, -0.05) is 94.9 Å². The highest BCUT2D eigenvalue weighted by molar-refractivity contribution is 9.10. The van der Waals surface area contributed by atoms with Crippen LogP contribution in [0.4, 0.5) is 4.79 Å². The maximum Gasteiger partial charge on any atom is 0.414 e. The summed E-state index contributed by atoms with van der Waals surface area (Å²) in [5.41, 5.74) is 1.68. The zero-order valence-corrected chi connectivity index (χ0v) is 21.1. The van der Waals surface area contributed by atoms with Crippen LogP contribution in [-0.2, 0) is 14.3 Å². The number of esters is 1. The Kier molecular flexibility index (Phi) is 7.06. The molecule has 2 aromatic rings. The van der Waals surface area contributed by atoms with Crippen molar-refractivity contribution >= 4 is 41.3 Å². The van der Waals surface area contributed by atoms with E-state index in [0.29, 0.717) is 5.70 Å². The van der Waals surface area contributed by atoms with Crippen LogP contribution in [0.25, 0.3) is 0 Å². The van der Waals surface area contributed by atoms with Gasteiger partial charge in [0.2, 0.25) is 0 Å². The summed E-state index contributed by atoms with van der Waals surface area (Å²) in [6.45, 7) is 6.67. The molecule has 1 aliphatic rings. The number of ether oxygens (including phenoxy) is 2. The second-order valence-corrected chi connectivity index (χ2v) is 13.4. The van der Waals surface area contributed by atoms with Crippen LogP contribution in [0.15, 0.2) is 70.0 Å². The summed E-state index contributed by atoms with van der Waals surface area (Å²) in [5.74, 6) is -0.376. The number of hydrogen-bond acceptors (Lipinski definition) is 4. The van der Waals surface area contributed by atoms with E-state index in [1.165, 1.54) is 19.4 Å². The fraction of sp³-hybridized carbons (Fsp3) is 0.333. The lowest BCUT2D eigenvalue weighted by Crippen LogP contribution is -2.45. The zero-order valence-electron chi connectivity index (χ0n) is 18.5. The van der Waals surface area contributed by atoms with Crippen LogP contribution in [0.5, 0.6) is 0 Å². The molecule has 0 radical (unpaired) electrons. The second-order valence-electron chi connectivity index (χ2n) is 8.20. The molecule has 0 aromatic heterocycles. The third kappa shape index (κ3) is 4.34. The van der Waals surface area contributed by atoms with Gasteiger partial charge >= 0.3 is 12.1 Å². The molecule has 31 heavy (non-hydrogen) atoms. The predicted molar refractivity (Wildman–Crippen MR) is 128 cm³/mol. The lowest BCUT2D eigenvalue weighted by Gasteiger charge is -2.31. The molecule has 0 N–H and O–H groups in total. The van der Waals surface area contributed by atoms with Crippen molar-refractivity contribution in [2.75, 3.05) is 14.2 Å². The molecule has 0 fully saturated rings. The average Bonchev–Trinajstić information content (AvgIpc) is 3.06. The summed E-state index contributed by atoms with van der Waals surface area (Å²) in [7, 11) is 0.505. The fourth-order valence-electron chi connectivity index (χ4n) is 4.72. The molecule has 0 saturated heterocycles. The fourth-order valence-corrected chi connectivity index (χ4v) is 8.80. The second kappa shape index (κ2) is 9.40. The molecule has 164 valence electrons. The van der Waals surface area contributed by atoms with Gasteiger partial charge in [0, 0.05) is 16.1 Å². The maximum absolute atomic E-state index is 13.1. The first-order valence-electron chi connectivity index (χ1n) is 10.2. The molecule has 0 bridgehead atoms. The van der Waals surface area contributed by atoms with Gasteiger partial charge in [-0.15, -0.1) is 0 Å². The minimum Gasteiger partial charge on any atom is -0.469 e. The van der Waals surface area contributed by atoms with Crippen LogP contribution in [-0.4, -0.2) is 39.3 Å². The van der Waals surface area contributed by atoms with Crippen LogP contribution < -0.4 is 5.19 Å². The van der Waals surface area contributed by atoms with Gasteiger partial charge in [0.05, 0.1) is 26.7 Å². The van der Waals surface area contributed by atoms with Crippen molar-refractivity contribution in [3.05, 3.63) is 75.5 Å². The van der Waals surface area contributed by atoms with Crippen LogP contribution >= 0.6 is 15.9 Å². The SMILES string of the molecule is COC(=O)CC1=C([Si](C)(C)c2ccccc2)[C@@H](C)[C@@H](c2ccccc2Br)N1C(=O)OC. The maximum atomic E-state index is 13.1. The quantitative estimate of drug-likeness (QED) is 0.418. The summed E-state index contributed by atoms with van der Waals surface area (Å²) in [5, 5.41) is 2.41. The number of methoxy groups -OCH3 is 2. The highest BCUT2D eigenvalue weighted by Crippen LogP contribution is 2.49. The molecular formula is C24H28BrNO4Si. The van der Waals surface area contributed by atoms with Crippen molar-refractivity contribution in [1.29, 1.82) is 0 Å². The van der Waals surface area contributed by atoms with Gasteiger partial charge in [0.15, 0.2) is 0 Å². The summed E-state index contributed by atoms with van der Waals surface area (Å²) < 4.78 is 11.1. The number of carbonyl (C=O) groups is 2. The first-order chi connectivity index (χ1) is 14.7. The lowest BCUT2D eigenvalue weighted by molar-refractivity contribution is -0.140. The van der Waals surface area contributed by atoms with Crippen LogP contribution in [0.3, 0.4) is 0 Å². The third-order valence-corrected chi connectivity index (χ3v) is 10.7. The van der Waals surface area contributed by atoms with E-state index in [-0.39, 0.29) is 24.3 Å². The lowest BCUT2D eigenvalue weighted by atomic mass is 9.96. The molecule has 0 unspecified atom stereocenters. The van der Waals surface area contributed by atoms with Crippen molar-refractivity contribution in [3.63, 3.8) is 0 Å². The minimum absolute atomic E-state index is 0.000621. The zero-order chi connectivity index (χ0) is 22.8. The van der Waals surface area contributed by atoms with E-state index in [1.807, 2.05) is 42.5 Å². The monoisotopic (exact) mass is 501 g/mol. The Balaban J connectivity index is 2.26. The number of hydrogen-bond donors (Lipinski definition) is 0. The van der Waals surface area contributed by atoms with Crippen molar-refractivity contribution in [2.45, 2.75) is 32.5 Å². The van der Waals surface area contributed by atoms with E-state index in [4.69, 9.17) is 9.47 Å². The first-order valence-corrected chi connectivity index (χ1v) is 14.0. The van der Waals surface area contributed by atoms with Crippen LogP contribution in [0.2, 0.25) is 13.1 Å². The normalized spacial score (nSPS) is 18.8. The Hall–Kier alpha value is -2.38. The van der Waals surface area contributed by atoms with Crippen molar-refractivity contribution in [1.82, 2.24) is 4.90 Å². The summed E-state index contributed by atoms with van der Waals surface area (Å²) in [4.78, 5) is 27.1. The first kappa shape index (κ1) is 23.3. The summed E-state index contributed by atoms with van der Waals surface area (Å²) in [6, 6.07) is 17.9. The number of nitrogens with zero attached hydrogens (tertiary/aromatic N) is 1. The third-order valence-electron chi connectivity index (χ3n) is 6.11. The standard InChI is InChI=1S/C24H28BrNO4Si/c1-16-22(18-13-9-10-14-19(18)25)26(24(28)30-3)20(15-21(27)29-2)23(16)31(4,5)17-11-7-6-8-12-17/h6-14,16,22H,15H2,1-5H3/t16-,22-/m0/s1. The van der Waals surface area contributed by atoms with Crippen LogP contribution in [0.1, 0.15) is 24.9 Å². The Morgan fingerprint density at radius 3 is 2.19 bits per heavy atom. The molecule has 0 aliphatic carbocycles.